The number of thiophene rings is 2. The minimum absolute atomic E-state index is 0.163. The van der Waals surface area contributed by atoms with Crippen molar-refractivity contribution < 1.29 is 5.32 Å². The number of quaternary nitrogens is 1. The number of anilines is 1. The summed E-state index contributed by atoms with van der Waals surface area (Å²) in [6.07, 6.45) is 14.0. The van der Waals surface area contributed by atoms with Gasteiger partial charge in [0.15, 0.2) is 0 Å². The lowest BCUT2D eigenvalue weighted by atomic mass is 9.71. The number of rotatable bonds is 1. The van der Waals surface area contributed by atoms with Crippen LogP contribution in [0.5, 0.6) is 0 Å². The second-order valence-corrected chi connectivity index (χ2v) is 15.0. The third kappa shape index (κ3) is 2.85. The first kappa shape index (κ1) is 23.9. The maximum atomic E-state index is 2.69. The lowest BCUT2D eigenvalue weighted by molar-refractivity contribution is -0.626. The highest BCUT2D eigenvalue weighted by atomic mass is 32.1. The fraction of sp³-hybridized carbons (Fsp3) is 0.100. The van der Waals surface area contributed by atoms with Crippen LogP contribution in [0.15, 0.2) is 138 Å². The van der Waals surface area contributed by atoms with E-state index in [-0.39, 0.29) is 11.5 Å². The number of benzene rings is 4. The Morgan fingerprint density at radius 3 is 2.43 bits per heavy atom. The summed E-state index contributed by atoms with van der Waals surface area (Å²) in [7, 11) is 0. The largest absolute Gasteiger partial charge is 0.289 e. The van der Waals surface area contributed by atoms with Gasteiger partial charge in [0.05, 0.1) is 16.8 Å². The number of nitrogens with two attached hydrogens (primary N) is 1. The van der Waals surface area contributed by atoms with Crippen LogP contribution >= 0.6 is 22.7 Å². The molecule has 6 aromatic rings. The van der Waals surface area contributed by atoms with Crippen LogP contribution in [0.2, 0.25) is 0 Å². The molecule has 4 heteroatoms. The lowest BCUT2D eigenvalue weighted by Crippen LogP contribution is -2.91. The average molecular weight is 600 g/mol. The molecule has 4 aromatic carbocycles. The Morgan fingerprint density at radius 1 is 0.750 bits per heavy atom. The smallest absolute Gasteiger partial charge is 0.214 e. The zero-order valence-corrected chi connectivity index (χ0v) is 25.7. The third-order valence-corrected chi connectivity index (χ3v) is 13.0. The first-order valence-corrected chi connectivity index (χ1v) is 17.1. The first-order chi connectivity index (χ1) is 21.7. The SMILES string of the molecule is CC12C3=Cc4c(sc5ccccc45)C1c1cc(-c4ccc5c(c4)sc4ccccc45)ccc1N2C1=C3C=C2C=CC=CC2[NH2+]1. The molecule has 5 aliphatic rings. The molecule has 11 rings (SSSR count). The zero-order chi connectivity index (χ0) is 28.7. The molecule has 5 heterocycles. The van der Waals surface area contributed by atoms with Crippen LogP contribution in [0.25, 0.3) is 47.5 Å². The van der Waals surface area contributed by atoms with Crippen molar-refractivity contribution in [3.63, 3.8) is 0 Å². The van der Waals surface area contributed by atoms with Gasteiger partial charge in [-0.3, -0.25) is 10.2 Å². The molecule has 0 saturated heterocycles. The van der Waals surface area contributed by atoms with E-state index in [1.54, 1.807) is 0 Å². The maximum absolute atomic E-state index is 2.69. The molecule has 0 fully saturated rings. The fourth-order valence-electron chi connectivity index (χ4n) is 8.68. The second-order valence-electron chi connectivity index (χ2n) is 12.8. The normalized spacial score (nSPS) is 24.0. The van der Waals surface area contributed by atoms with Gasteiger partial charge in [0, 0.05) is 41.2 Å². The Bertz CT molecular complexity index is 2460. The Morgan fingerprint density at radius 2 is 1.52 bits per heavy atom. The summed E-state index contributed by atoms with van der Waals surface area (Å²) in [6, 6.07) is 32.4. The molecule has 2 nitrogen and oxygen atoms in total. The molecule has 3 aliphatic heterocycles. The van der Waals surface area contributed by atoms with Crippen LogP contribution in [0, 0.1) is 0 Å². The monoisotopic (exact) mass is 599 g/mol. The Hall–Kier alpha value is -4.48. The van der Waals surface area contributed by atoms with Crippen LogP contribution in [0.4, 0.5) is 5.69 Å². The number of hydrogen-bond donors (Lipinski definition) is 1. The molecule has 0 spiro atoms. The van der Waals surface area contributed by atoms with E-state index in [1.165, 1.54) is 85.6 Å². The number of allylic oxidation sites excluding steroid dienone is 3. The van der Waals surface area contributed by atoms with Gasteiger partial charge in [0.25, 0.3) is 0 Å². The second kappa shape index (κ2) is 8.16. The molecular weight excluding hydrogens is 573 g/mol. The van der Waals surface area contributed by atoms with Crippen molar-refractivity contribution in [3.8, 4) is 11.1 Å². The molecule has 0 saturated carbocycles. The summed E-state index contributed by atoms with van der Waals surface area (Å²) in [4.78, 5) is 4.20. The standard InChI is InChI=1S/C40H26N2S2/c1-40-31-21-28-26-10-4-7-13-35(26)44-38(28)37(40)30-18-22(23-14-16-27-25-9-3-6-12-34(25)43-36(27)20-23)15-17-33(30)42(40)39-29(31)19-24-8-2-5-11-32(24)41-39/h2-21,32,37,41H,1H3/p+1. The van der Waals surface area contributed by atoms with E-state index in [0.29, 0.717) is 6.04 Å². The van der Waals surface area contributed by atoms with E-state index in [1.807, 2.05) is 22.7 Å². The highest BCUT2D eigenvalue weighted by Crippen LogP contribution is 2.65. The summed E-state index contributed by atoms with van der Waals surface area (Å²) in [5.74, 6) is 1.64. The lowest BCUT2D eigenvalue weighted by Gasteiger charge is -2.38. The number of fused-ring (bicyclic) bond motifs is 13. The van der Waals surface area contributed by atoms with E-state index in [0.717, 1.165) is 0 Å². The van der Waals surface area contributed by atoms with Crippen LogP contribution in [0.3, 0.4) is 0 Å². The quantitative estimate of drug-likeness (QED) is 0.200. The van der Waals surface area contributed by atoms with Gasteiger partial charge in [0.1, 0.15) is 6.04 Å². The van der Waals surface area contributed by atoms with E-state index in [2.05, 4.69) is 139 Å². The minimum Gasteiger partial charge on any atom is -0.289 e. The molecule has 44 heavy (non-hydrogen) atoms. The van der Waals surface area contributed by atoms with Crippen molar-refractivity contribution in [2.24, 2.45) is 0 Å². The van der Waals surface area contributed by atoms with Crippen molar-refractivity contribution in [2.45, 2.75) is 24.4 Å². The first-order valence-electron chi connectivity index (χ1n) is 15.4. The van der Waals surface area contributed by atoms with Gasteiger partial charge in [-0.15, -0.1) is 22.7 Å². The zero-order valence-electron chi connectivity index (χ0n) is 24.0. The molecule has 2 aliphatic carbocycles. The van der Waals surface area contributed by atoms with Crippen molar-refractivity contribution in [1.82, 2.24) is 0 Å². The van der Waals surface area contributed by atoms with Gasteiger partial charge >= 0.3 is 0 Å². The van der Waals surface area contributed by atoms with Crippen molar-refractivity contribution in [2.75, 3.05) is 4.90 Å². The average Bonchev–Trinajstić information content (AvgIpc) is 3.75. The van der Waals surface area contributed by atoms with Crippen LogP contribution in [-0.2, 0) is 0 Å². The van der Waals surface area contributed by atoms with Crippen molar-refractivity contribution in [1.29, 1.82) is 0 Å². The van der Waals surface area contributed by atoms with Gasteiger partial charge in [-0.1, -0.05) is 72.8 Å². The molecule has 2 N–H and O–H groups in total. The highest BCUT2D eigenvalue weighted by molar-refractivity contribution is 7.25. The van der Waals surface area contributed by atoms with Gasteiger partial charge in [-0.05, 0) is 88.7 Å². The number of nitrogens with zero attached hydrogens (tertiary/aromatic N) is 1. The number of hydrogen-bond acceptors (Lipinski definition) is 3. The summed E-state index contributed by atoms with van der Waals surface area (Å²) in [6.45, 7) is 2.50. The van der Waals surface area contributed by atoms with Gasteiger partial charge in [-0.25, -0.2) is 0 Å². The van der Waals surface area contributed by atoms with Crippen LogP contribution in [0.1, 0.15) is 28.8 Å². The molecule has 0 radical (unpaired) electrons. The summed E-state index contributed by atoms with van der Waals surface area (Å²) in [5.41, 5.74) is 10.9. The topological polar surface area (TPSA) is 19.9 Å². The van der Waals surface area contributed by atoms with Gasteiger partial charge in [0.2, 0.25) is 5.82 Å². The van der Waals surface area contributed by atoms with Crippen LogP contribution in [-0.4, -0.2) is 11.6 Å². The molecule has 0 bridgehead atoms. The van der Waals surface area contributed by atoms with Gasteiger partial charge in [-0.2, -0.15) is 0 Å². The molecular formula is C40H27N2S2+. The predicted octanol–water partition coefficient (Wildman–Crippen LogP) is 9.27. The van der Waals surface area contributed by atoms with Crippen molar-refractivity contribution in [3.05, 3.63) is 154 Å². The van der Waals surface area contributed by atoms with Gasteiger partial charge < -0.3 is 0 Å². The Balaban J connectivity index is 1.16. The highest BCUT2D eigenvalue weighted by Gasteiger charge is 2.62. The molecule has 208 valence electrons. The summed E-state index contributed by atoms with van der Waals surface area (Å²) in [5, 5.41) is 6.60. The molecule has 0 amide bonds. The minimum atomic E-state index is -0.163. The summed E-state index contributed by atoms with van der Waals surface area (Å²) < 4.78 is 4.09. The van der Waals surface area contributed by atoms with E-state index >= 15 is 0 Å². The van der Waals surface area contributed by atoms with Crippen molar-refractivity contribution >= 4 is 64.7 Å². The molecule has 2 aromatic heterocycles. The fourth-order valence-corrected chi connectivity index (χ4v) is 11.2. The Kier molecular flexibility index (Phi) is 4.43. The molecule has 3 atom stereocenters. The van der Waals surface area contributed by atoms with Crippen LogP contribution < -0.4 is 10.2 Å². The van der Waals surface area contributed by atoms with E-state index in [4.69, 9.17) is 0 Å². The van der Waals surface area contributed by atoms with E-state index in [9.17, 15) is 0 Å². The predicted molar refractivity (Wildman–Crippen MR) is 186 cm³/mol. The summed E-state index contributed by atoms with van der Waals surface area (Å²) >= 11 is 3.89. The molecule has 3 unspecified atom stereocenters. The maximum Gasteiger partial charge on any atom is 0.214 e. The van der Waals surface area contributed by atoms with E-state index < -0.39 is 0 Å². The third-order valence-electron chi connectivity index (χ3n) is 10.6. The Labute approximate surface area is 263 Å².